The van der Waals surface area contributed by atoms with Crippen molar-refractivity contribution in [2.75, 3.05) is 18.6 Å². The van der Waals surface area contributed by atoms with E-state index in [1.165, 1.54) is 0 Å². The second-order valence-electron chi connectivity index (χ2n) is 4.71. The van der Waals surface area contributed by atoms with Crippen molar-refractivity contribution in [3.8, 4) is 6.07 Å². The number of rotatable bonds is 3. The minimum atomic E-state index is -0.844. The number of carboxylic acids is 1. The molecule has 100 valence electrons. The Hall–Kier alpha value is -2.06. The fourth-order valence-electron chi connectivity index (χ4n) is 2.52. The normalized spacial score (nSPS) is 22.3. The summed E-state index contributed by atoms with van der Waals surface area (Å²) in [4.78, 5) is 13.2. The van der Waals surface area contributed by atoms with Crippen LogP contribution in [0.2, 0.25) is 0 Å². The van der Waals surface area contributed by atoms with Crippen LogP contribution in [-0.4, -0.2) is 36.9 Å². The number of carbonyl (C=O) groups is 1. The molecule has 2 atom stereocenters. The summed E-state index contributed by atoms with van der Waals surface area (Å²) in [7, 11) is 1.60. The zero-order chi connectivity index (χ0) is 14.0. The highest BCUT2D eigenvalue weighted by Gasteiger charge is 2.37. The minimum Gasteiger partial charge on any atom is -0.480 e. The first-order valence-electron chi connectivity index (χ1n) is 6.09. The van der Waals surface area contributed by atoms with Crippen LogP contribution in [0.3, 0.4) is 0 Å². The molecule has 0 saturated carbocycles. The maximum absolute atomic E-state index is 11.3. The molecule has 19 heavy (non-hydrogen) atoms. The lowest BCUT2D eigenvalue weighted by molar-refractivity contribution is -0.138. The second-order valence-corrected chi connectivity index (χ2v) is 4.71. The third-order valence-electron chi connectivity index (χ3n) is 3.52. The summed E-state index contributed by atoms with van der Waals surface area (Å²) >= 11 is 0. The van der Waals surface area contributed by atoms with Gasteiger partial charge in [-0.15, -0.1) is 0 Å². The first-order chi connectivity index (χ1) is 9.06. The first kappa shape index (κ1) is 13.4. The lowest BCUT2D eigenvalue weighted by atomic mass is 10.1. The molecular weight excluding hydrogens is 244 g/mol. The minimum absolute atomic E-state index is 0.0730. The number of aryl methyl sites for hydroxylation is 1. The number of aliphatic carboxylic acids is 1. The summed E-state index contributed by atoms with van der Waals surface area (Å²) < 4.78 is 5.27. The van der Waals surface area contributed by atoms with E-state index in [2.05, 4.69) is 6.07 Å². The highest BCUT2D eigenvalue weighted by molar-refractivity contribution is 5.80. The molecule has 0 radical (unpaired) electrons. The van der Waals surface area contributed by atoms with Crippen molar-refractivity contribution in [1.82, 2.24) is 0 Å². The third kappa shape index (κ3) is 2.54. The molecule has 5 heteroatoms. The van der Waals surface area contributed by atoms with Gasteiger partial charge in [-0.2, -0.15) is 5.26 Å². The van der Waals surface area contributed by atoms with E-state index in [0.29, 0.717) is 18.5 Å². The number of nitriles is 1. The molecule has 1 fully saturated rings. The molecule has 0 bridgehead atoms. The van der Waals surface area contributed by atoms with Crippen LogP contribution in [-0.2, 0) is 9.53 Å². The van der Waals surface area contributed by atoms with Crippen LogP contribution >= 0.6 is 0 Å². The van der Waals surface area contributed by atoms with Crippen LogP contribution < -0.4 is 4.90 Å². The Morgan fingerprint density at radius 3 is 2.84 bits per heavy atom. The van der Waals surface area contributed by atoms with Crippen molar-refractivity contribution in [1.29, 1.82) is 5.26 Å². The number of anilines is 1. The largest absolute Gasteiger partial charge is 0.480 e. The van der Waals surface area contributed by atoms with Crippen LogP contribution in [0.25, 0.3) is 0 Å². The lowest BCUT2D eigenvalue weighted by Crippen LogP contribution is -2.36. The summed E-state index contributed by atoms with van der Waals surface area (Å²) in [6, 6.07) is 6.80. The molecular formula is C14H16N2O3. The van der Waals surface area contributed by atoms with Crippen molar-refractivity contribution in [2.45, 2.75) is 25.5 Å². The van der Waals surface area contributed by atoms with E-state index in [4.69, 9.17) is 10.00 Å². The molecule has 0 spiro atoms. The monoisotopic (exact) mass is 260 g/mol. The van der Waals surface area contributed by atoms with E-state index in [1.54, 1.807) is 19.2 Å². The zero-order valence-corrected chi connectivity index (χ0v) is 11.0. The maximum Gasteiger partial charge on any atom is 0.326 e. The van der Waals surface area contributed by atoms with E-state index in [-0.39, 0.29) is 6.10 Å². The smallest absolute Gasteiger partial charge is 0.326 e. The van der Waals surface area contributed by atoms with E-state index in [0.717, 1.165) is 11.3 Å². The van der Waals surface area contributed by atoms with E-state index in [1.807, 2.05) is 17.9 Å². The molecule has 0 aliphatic carbocycles. The van der Waals surface area contributed by atoms with Gasteiger partial charge in [0.05, 0.1) is 17.7 Å². The molecule has 1 heterocycles. The van der Waals surface area contributed by atoms with Gasteiger partial charge in [-0.1, -0.05) is 0 Å². The molecule has 1 aliphatic heterocycles. The topological polar surface area (TPSA) is 73.6 Å². The van der Waals surface area contributed by atoms with Crippen molar-refractivity contribution >= 4 is 11.7 Å². The molecule has 1 aromatic carbocycles. The number of ether oxygens (including phenoxy) is 1. The summed E-state index contributed by atoms with van der Waals surface area (Å²) in [6.45, 7) is 2.44. The Bertz CT molecular complexity index is 536. The van der Waals surface area contributed by atoms with Crippen molar-refractivity contribution < 1.29 is 14.6 Å². The maximum atomic E-state index is 11.3. The van der Waals surface area contributed by atoms with Crippen molar-refractivity contribution in [3.05, 3.63) is 29.3 Å². The molecule has 5 nitrogen and oxygen atoms in total. The van der Waals surface area contributed by atoms with Gasteiger partial charge < -0.3 is 14.7 Å². The predicted octanol–water partition coefficient (Wildman–Crippen LogP) is 1.54. The highest BCUT2D eigenvalue weighted by Crippen LogP contribution is 2.30. The van der Waals surface area contributed by atoms with Crippen LogP contribution in [0.5, 0.6) is 0 Å². The average Bonchev–Trinajstić information content (AvgIpc) is 2.82. The van der Waals surface area contributed by atoms with Gasteiger partial charge in [0.25, 0.3) is 0 Å². The van der Waals surface area contributed by atoms with Crippen molar-refractivity contribution in [3.63, 3.8) is 0 Å². The Kier molecular flexibility index (Phi) is 3.72. The lowest BCUT2D eigenvalue weighted by Gasteiger charge is -2.25. The van der Waals surface area contributed by atoms with Gasteiger partial charge in [0, 0.05) is 25.8 Å². The van der Waals surface area contributed by atoms with E-state index >= 15 is 0 Å². The van der Waals surface area contributed by atoms with Crippen LogP contribution in [0.15, 0.2) is 18.2 Å². The van der Waals surface area contributed by atoms with Crippen LogP contribution in [0.1, 0.15) is 17.5 Å². The average molecular weight is 260 g/mol. The second kappa shape index (κ2) is 5.29. The molecule has 1 aromatic rings. The highest BCUT2D eigenvalue weighted by atomic mass is 16.5. The van der Waals surface area contributed by atoms with Gasteiger partial charge in [-0.05, 0) is 30.7 Å². The Morgan fingerprint density at radius 1 is 1.58 bits per heavy atom. The molecule has 1 aliphatic rings. The number of nitrogens with zero attached hydrogens (tertiary/aromatic N) is 2. The molecule has 1 N–H and O–H groups in total. The summed E-state index contributed by atoms with van der Waals surface area (Å²) in [6.07, 6.45) is 0.404. The Labute approximate surface area is 112 Å². The standard InChI is InChI=1S/C14H16N2O3/c1-9-5-10(7-15)3-4-12(9)16-8-11(19-2)6-13(16)14(17)18/h3-5,11,13H,6,8H2,1-2H3,(H,17,18). The zero-order valence-electron chi connectivity index (χ0n) is 11.0. The third-order valence-corrected chi connectivity index (χ3v) is 3.52. The molecule has 2 unspecified atom stereocenters. The van der Waals surface area contributed by atoms with Crippen LogP contribution in [0.4, 0.5) is 5.69 Å². The van der Waals surface area contributed by atoms with Gasteiger partial charge in [-0.25, -0.2) is 4.79 Å². The van der Waals surface area contributed by atoms with Crippen LogP contribution in [0, 0.1) is 18.3 Å². The number of carboxylic acid groups (broad SMARTS) is 1. The Morgan fingerprint density at radius 2 is 2.32 bits per heavy atom. The molecule has 0 amide bonds. The Balaban J connectivity index is 2.34. The molecule has 0 aromatic heterocycles. The fraction of sp³-hybridized carbons (Fsp3) is 0.429. The fourth-order valence-corrected chi connectivity index (χ4v) is 2.52. The summed E-state index contributed by atoms with van der Waals surface area (Å²) in [5.41, 5.74) is 2.34. The number of hydrogen-bond donors (Lipinski definition) is 1. The van der Waals surface area contributed by atoms with Gasteiger partial charge in [-0.3, -0.25) is 0 Å². The molecule has 2 rings (SSSR count). The van der Waals surface area contributed by atoms with Gasteiger partial charge in [0.2, 0.25) is 0 Å². The quantitative estimate of drug-likeness (QED) is 0.892. The summed E-state index contributed by atoms with van der Waals surface area (Å²) in [5.74, 6) is -0.844. The van der Waals surface area contributed by atoms with Gasteiger partial charge >= 0.3 is 5.97 Å². The number of hydrogen-bond acceptors (Lipinski definition) is 4. The van der Waals surface area contributed by atoms with E-state index in [9.17, 15) is 9.90 Å². The SMILES string of the molecule is COC1CC(C(=O)O)N(c2ccc(C#N)cc2C)C1. The molecule has 1 saturated heterocycles. The number of benzene rings is 1. The predicted molar refractivity (Wildman–Crippen MR) is 70.1 cm³/mol. The van der Waals surface area contributed by atoms with Crippen molar-refractivity contribution in [2.24, 2.45) is 0 Å². The first-order valence-corrected chi connectivity index (χ1v) is 6.09. The van der Waals surface area contributed by atoms with Gasteiger partial charge in [0.15, 0.2) is 0 Å². The van der Waals surface area contributed by atoms with E-state index < -0.39 is 12.0 Å². The number of methoxy groups -OCH3 is 1. The van der Waals surface area contributed by atoms with Gasteiger partial charge in [0.1, 0.15) is 6.04 Å². The summed E-state index contributed by atoms with van der Waals surface area (Å²) in [5, 5.41) is 18.2.